The monoisotopic (exact) mass is 408 g/mol. The summed E-state index contributed by atoms with van der Waals surface area (Å²) in [6.07, 6.45) is 3.32. The van der Waals surface area contributed by atoms with E-state index < -0.39 is 0 Å². The average molecular weight is 408 g/mol. The Kier molecular flexibility index (Phi) is 7.18. The largest absolute Gasteiger partial charge is 0.497 e. The Morgan fingerprint density at radius 2 is 1.87 bits per heavy atom. The molecule has 6 heteroatoms. The van der Waals surface area contributed by atoms with Crippen molar-refractivity contribution in [2.75, 3.05) is 25.7 Å². The van der Waals surface area contributed by atoms with Gasteiger partial charge < -0.3 is 19.1 Å². The first-order chi connectivity index (χ1) is 14.6. The minimum atomic E-state index is 0.0926. The van der Waals surface area contributed by atoms with Crippen LogP contribution >= 0.6 is 0 Å². The Bertz CT molecular complexity index is 900. The molecule has 0 spiro atoms. The van der Waals surface area contributed by atoms with E-state index in [0.29, 0.717) is 42.4 Å². The molecule has 1 fully saturated rings. The maximum absolute atomic E-state index is 13.1. The van der Waals surface area contributed by atoms with Crippen LogP contribution in [-0.4, -0.2) is 32.8 Å². The Labute approximate surface area is 178 Å². The molecule has 1 aliphatic carbocycles. The molecule has 0 heterocycles. The molecule has 1 saturated carbocycles. The molecule has 1 amide bonds. The van der Waals surface area contributed by atoms with Crippen molar-refractivity contribution in [1.82, 2.24) is 0 Å². The molecule has 1 unspecified atom stereocenters. The zero-order valence-corrected chi connectivity index (χ0v) is 17.8. The van der Waals surface area contributed by atoms with E-state index in [-0.39, 0.29) is 11.9 Å². The van der Waals surface area contributed by atoms with E-state index in [0.717, 1.165) is 11.4 Å². The number of nitrogens with zero attached hydrogens (tertiary/aromatic N) is 2. The third-order valence-electron chi connectivity index (χ3n) is 5.42. The van der Waals surface area contributed by atoms with Crippen molar-refractivity contribution in [1.29, 1.82) is 5.26 Å². The van der Waals surface area contributed by atoms with Gasteiger partial charge in [-0.3, -0.25) is 4.79 Å². The van der Waals surface area contributed by atoms with Gasteiger partial charge in [-0.25, -0.2) is 0 Å². The van der Waals surface area contributed by atoms with Crippen LogP contribution in [0, 0.1) is 17.2 Å². The summed E-state index contributed by atoms with van der Waals surface area (Å²) in [4.78, 5) is 15.0. The number of benzene rings is 2. The summed E-state index contributed by atoms with van der Waals surface area (Å²) in [6, 6.07) is 14.9. The van der Waals surface area contributed by atoms with E-state index in [1.165, 1.54) is 12.8 Å². The maximum atomic E-state index is 13.1. The Balaban J connectivity index is 1.60. The summed E-state index contributed by atoms with van der Waals surface area (Å²) in [5.41, 5.74) is 1.41. The van der Waals surface area contributed by atoms with Gasteiger partial charge in [0, 0.05) is 24.2 Å². The molecule has 0 aliphatic heterocycles. The number of hydrogen-bond acceptors (Lipinski definition) is 5. The van der Waals surface area contributed by atoms with E-state index in [2.05, 4.69) is 13.0 Å². The van der Waals surface area contributed by atoms with E-state index >= 15 is 0 Å². The fourth-order valence-corrected chi connectivity index (χ4v) is 3.52. The molecule has 3 rings (SSSR count). The number of amides is 1. The molecular weight excluding hydrogens is 380 g/mol. The van der Waals surface area contributed by atoms with E-state index in [4.69, 9.17) is 19.5 Å². The SMILES string of the molecule is COc1ccc(N(C(=O)CCCOc2ccc(C#N)cc2OC)C(C)C2CC2)cc1. The van der Waals surface area contributed by atoms with Crippen LogP contribution in [0.1, 0.15) is 38.2 Å². The van der Waals surface area contributed by atoms with Crippen LogP contribution < -0.4 is 19.1 Å². The lowest BCUT2D eigenvalue weighted by Crippen LogP contribution is -2.40. The highest BCUT2D eigenvalue weighted by Crippen LogP contribution is 2.37. The van der Waals surface area contributed by atoms with Gasteiger partial charge in [-0.2, -0.15) is 5.26 Å². The van der Waals surface area contributed by atoms with Crippen LogP contribution in [0.4, 0.5) is 5.69 Å². The third-order valence-corrected chi connectivity index (χ3v) is 5.42. The molecule has 0 N–H and O–H groups in total. The van der Waals surface area contributed by atoms with Crippen molar-refractivity contribution in [2.24, 2.45) is 5.92 Å². The van der Waals surface area contributed by atoms with Gasteiger partial charge >= 0.3 is 0 Å². The molecule has 6 nitrogen and oxygen atoms in total. The van der Waals surface area contributed by atoms with Gasteiger partial charge in [0.25, 0.3) is 0 Å². The van der Waals surface area contributed by atoms with Crippen LogP contribution in [0.2, 0.25) is 0 Å². The number of hydrogen-bond donors (Lipinski definition) is 0. The van der Waals surface area contributed by atoms with Crippen molar-refractivity contribution in [2.45, 2.75) is 38.6 Å². The Hall–Kier alpha value is -3.20. The summed E-state index contributed by atoms with van der Waals surface area (Å²) in [5.74, 6) is 2.52. The summed E-state index contributed by atoms with van der Waals surface area (Å²) in [5, 5.41) is 8.99. The predicted octanol–water partition coefficient (Wildman–Crippen LogP) is 4.57. The van der Waals surface area contributed by atoms with Gasteiger partial charge in [-0.15, -0.1) is 0 Å². The van der Waals surface area contributed by atoms with E-state index in [1.807, 2.05) is 29.2 Å². The third kappa shape index (κ3) is 5.24. The fourth-order valence-electron chi connectivity index (χ4n) is 3.52. The molecule has 0 saturated heterocycles. The van der Waals surface area contributed by atoms with Gasteiger partial charge in [0.1, 0.15) is 5.75 Å². The molecule has 0 bridgehead atoms. The van der Waals surface area contributed by atoms with Crippen molar-refractivity contribution < 1.29 is 19.0 Å². The normalized spacial score (nSPS) is 13.8. The van der Waals surface area contributed by atoms with Crippen LogP contribution in [-0.2, 0) is 4.79 Å². The minimum Gasteiger partial charge on any atom is -0.497 e. The van der Waals surface area contributed by atoms with Crippen molar-refractivity contribution in [3.05, 3.63) is 48.0 Å². The first-order valence-corrected chi connectivity index (χ1v) is 10.2. The lowest BCUT2D eigenvalue weighted by molar-refractivity contribution is -0.119. The highest BCUT2D eigenvalue weighted by molar-refractivity contribution is 5.94. The van der Waals surface area contributed by atoms with Gasteiger partial charge in [0.2, 0.25) is 5.91 Å². The lowest BCUT2D eigenvalue weighted by Gasteiger charge is -2.30. The second-order valence-corrected chi connectivity index (χ2v) is 7.47. The number of rotatable bonds is 10. The number of methoxy groups -OCH3 is 2. The molecule has 158 valence electrons. The number of carbonyl (C=O) groups is 1. The lowest BCUT2D eigenvalue weighted by atomic mass is 10.1. The Morgan fingerprint density at radius 3 is 2.47 bits per heavy atom. The number of nitriles is 1. The topological polar surface area (TPSA) is 71.8 Å². The standard InChI is InChI=1S/C24H28N2O4/c1-17(19-7-8-19)26(20-9-11-21(28-2)12-10-20)24(27)5-4-14-30-22-13-6-18(16-25)15-23(22)29-3/h6,9-13,15,17,19H,4-5,7-8,14H2,1-3H3. The Morgan fingerprint density at radius 1 is 1.13 bits per heavy atom. The van der Waals surface area contributed by atoms with Crippen LogP contribution in [0.3, 0.4) is 0 Å². The second kappa shape index (κ2) is 10.0. The second-order valence-electron chi connectivity index (χ2n) is 7.47. The van der Waals surface area contributed by atoms with Gasteiger partial charge in [-0.1, -0.05) is 0 Å². The van der Waals surface area contributed by atoms with Gasteiger partial charge in [-0.05, 0) is 68.5 Å². The van der Waals surface area contributed by atoms with Crippen LogP contribution in [0.15, 0.2) is 42.5 Å². The van der Waals surface area contributed by atoms with Crippen molar-refractivity contribution in [3.63, 3.8) is 0 Å². The van der Waals surface area contributed by atoms with Gasteiger partial charge in [0.05, 0.1) is 32.5 Å². The summed E-state index contributed by atoms with van der Waals surface area (Å²) < 4.78 is 16.3. The molecule has 0 aromatic heterocycles. The van der Waals surface area contributed by atoms with Crippen molar-refractivity contribution in [3.8, 4) is 23.3 Å². The van der Waals surface area contributed by atoms with E-state index in [9.17, 15) is 4.79 Å². The van der Waals surface area contributed by atoms with E-state index in [1.54, 1.807) is 32.4 Å². The summed E-state index contributed by atoms with van der Waals surface area (Å²) in [6.45, 7) is 2.51. The number of ether oxygens (including phenoxy) is 3. The zero-order chi connectivity index (χ0) is 21.5. The maximum Gasteiger partial charge on any atom is 0.227 e. The molecule has 0 radical (unpaired) electrons. The summed E-state index contributed by atoms with van der Waals surface area (Å²) >= 11 is 0. The molecule has 30 heavy (non-hydrogen) atoms. The van der Waals surface area contributed by atoms with Crippen LogP contribution in [0.25, 0.3) is 0 Å². The zero-order valence-electron chi connectivity index (χ0n) is 17.8. The van der Waals surface area contributed by atoms with Crippen LogP contribution in [0.5, 0.6) is 17.2 Å². The molecular formula is C24H28N2O4. The highest BCUT2D eigenvalue weighted by atomic mass is 16.5. The first kappa shape index (κ1) is 21.5. The quantitative estimate of drug-likeness (QED) is 0.539. The summed E-state index contributed by atoms with van der Waals surface area (Å²) in [7, 11) is 3.17. The molecule has 2 aromatic carbocycles. The molecule has 1 atom stereocenters. The average Bonchev–Trinajstić information content (AvgIpc) is 3.63. The smallest absolute Gasteiger partial charge is 0.227 e. The first-order valence-electron chi connectivity index (χ1n) is 10.2. The number of carbonyl (C=O) groups excluding carboxylic acids is 1. The highest BCUT2D eigenvalue weighted by Gasteiger charge is 2.34. The number of anilines is 1. The molecule has 2 aromatic rings. The van der Waals surface area contributed by atoms with Gasteiger partial charge in [0.15, 0.2) is 11.5 Å². The predicted molar refractivity (Wildman–Crippen MR) is 115 cm³/mol. The van der Waals surface area contributed by atoms with Crippen molar-refractivity contribution >= 4 is 11.6 Å². The minimum absolute atomic E-state index is 0.0926. The molecule has 1 aliphatic rings. The fraction of sp³-hybridized carbons (Fsp3) is 0.417.